The van der Waals surface area contributed by atoms with Gasteiger partial charge in [0.2, 0.25) is 5.91 Å². The van der Waals surface area contributed by atoms with Crippen LogP contribution in [0.4, 0.5) is 4.79 Å². The molecule has 1 fully saturated rings. The van der Waals surface area contributed by atoms with Gasteiger partial charge >= 0.3 is 18.0 Å². The number of nitrogens with one attached hydrogen (secondary N) is 3. The van der Waals surface area contributed by atoms with Crippen molar-refractivity contribution in [3.8, 4) is 0 Å². The molecule has 13 heteroatoms. The summed E-state index contributed by atoms with van der Waals surface area (Å²) in [6.07, 6.45) is -2.49. The SMILES string of the molecule is C[C@H](NC(=O)OC(C)(C)C)C(=O)OCC(C)(C)[C@H]1OC(=O)CCC(=O)SCCNC(=O)CCNC1=O. The van der Waals surface area contributed by atoms with E-state index >= 15 is 0 Å². The molecule has 0 aromatic rings. The van der Waals surface area contributed by atoms with E-state index in [4.69, 9.17) is 14.2 Å². The van der Waals surface area contributed by atoms with E-state index in [9.17, 15) is 28.8 Å². The van der Waals surface area contributed by atoms with Crippen molar-refractivity contribution >= 4 is 46.7 Å². The number of ether oxygens (including phenoxy) is 3. The minimum absolute atomic E-state index is 0.00248. The summed E-state index contributed by atoms with van der Waals surface area (Å²) in [6.45, 7) is 9.53. The Morgan fingerprint density at radius 1 is 1.06 bits per heavy atom. The van der Waals surface area contributed by atoms with Crippen LogP contribution in [0.3, 0.4) is 0 Å². The van der Waals surface area contributed by atoms with Gasteiger partial charge in [-0.1, -0.05) is 25.6 Å². The van der Waals surface area contributed by atoms with Gasteiger partial charge in [0.15, 0.2) is 11.2 Å². The third-order valence-corrected chi connectivity index (χ3v) is 5.68. The fourth-order valence-corrected chi connectivity index (χ4v) is 3.55. The van der Waals surface area contributed by atoms with E-state index < -0.39 is 47.1 Å². The molecule has 0 bridgehead atoms. The van der Waals surface area contributed by atoms with Crippen LogP contribution in [0, 0.1) is 5.41 Å². The van der Waals surface area contributed by atoms with Crippen LogP contribution in [0.2, 0.25) is 0 Å². The van der Waals surface area contributed by atoms with E-state index in [1.165, 1.54) is 6.92 Å². The Bertz CT molecular complexity index is 839. The Morgan fingerprint density at radius 2 is 1.72 bits per heavy atom. The molecule has 1 aliphatic rings. The Labute approximate surface area is 215 Å². The van der Waals surface area contributed by atoms with E-state index in [-0.39, 0.29) is 50.0 Å². The molecular formula is C23H37N3O9S. The van der Waals surface area contributed by atoms with Crippen molar-refractivity contribution in [1.82, 2.24) is 16.0 Å². The number of amides is 3. The summed E-state index contributed by atoms with van der Waals surface area (Å²) in [6, 6.07) is -1.04. The van der Waals surface area contributed by atoms with Gasteiger partial charge in [-0.05, 0) is 27.7 Å². The van der Waals surface area contributed by atoms with E-state index in [1.807, 2.05) is 0 Å². The van der Waals surface area contributed by atoms with Crippen molar-refractivity contribution in [1.29, 1.82) is 0 Å². The average Bonchev–Trinajstić information content (AvgIpc) is 2.75. The second-order valence-electron chi connectivity index (χ2n) is 9.95. The lowest BCUT2D eigenvalue weighted by Gasteiger charge is -2.32. The number of carbonyl (C=O) groups excluding carboxylic acids is 6. The smallest absolute Gasteiger partial charge is 0.408 e. The zero-order chi connectivity index (χ0) is 27.5. The fraction of sp³-hybridized carbons (Fsp3) is 0.739. The molecule has 12 nitrogen and oxygen atoms in total. The van der Waals surface area contributed by atoms with Crippen molar-refractivity contribution < 1.29 is 43.0 Å². The van der Waals surface area contributed by atoms with Crippen LogP contribution in [-0.4, -0.2) is 78.2 Å². The summed E-state index contributed by atoms with van der Waals surface area (Å²) in [5.41, 5.74) is -1.93. The van der Waals surface area contributed by atoms with Crippen LogP contribution in [0.25, 0.3) is 0 Å². The van der Waals surface area contributed by atoms with Crippen molar-refractivity contribution in [2.24, 2.45) is 5.41 Å². The predicted octanol–water partition coefficient (Wildman–Crippen LogP) is 1.06. The van der Waals surface area contributed by atoms with Gasteiger partial charge in [-0.15, -0.1) is 0 Å². The number of hydrogen-bond donors (Lipinski definition) is 3. The summed E-state index contributed by atoms with van der Waals surface area (Å²) >= 11 is 1.000. The first-order valence-corrected chi connectivity index (χ1v) is 12.6. The minimum Gasteiger partial charge on any atom is -0.463 e. The maximum Gasteiger partial charge on any atom is 0.408 e. The highest BCUT2D eigenvalue weighted by Gasteiger charge is 2.40. The topological polar surface area (TPSA) is 166 Å². The standard InChI is InChI=1S/C23H37N3O9S/c1-14(26-21(32)35-22(2,3)4)20(31)33-13-23(5,6)18-19(30)25-10-9-15(27)24-11-12-36-17(29)8-7-16(28)34-18/h14,18H,7-13H2,1-6H3,(H,24,27)(H,25,30)(H,26,32)/t14-,18-/m0/s1. The lowest BCUT2D eigenvalue weighted by Crippen LogP contribution is -2.50. The second-order valence-corrected chi connectivity index (χ2v) is 11.1. The lowest BCUT2D eigenvalue weighted by atomic mass is 9.86. The quantitative estimate of drug-likeness (QED) is 0.345. The van der Waals surface area contributed by atoms with Crippen LogP contribution in [0.1, 0.15) is 60.8 Å². The highest BCUT2D eigenvalue weighted by molar-refractivity contribution is 8.13. The fourth-order valence-electron chi connectivity index (χ4n) is 2.87. The van der Waals surface area contributed by atoms with Crippen molar-refractivity contribution in [3.05, 3.63) is 0 Å². The van der Waals surface area contributed by atoms with Gasteiger partial charge < -0.3 is 30.2 Å². The van der Waals surface area contributed by atoms with Crippen LogP contribution in [0.5, 0.6) is 0 Å². The van der Waals surface area contributed by atoms with E-state index in [1.54, 1.807) is 34.6 Å². The molecule has 3 N–H and O–H groups in total. The molecule has 0 saturated carbocycles. The molecular weight excluding hydrogens is 494 g/mol. The number of rotatable bonds is 5. The largest absolute Gasteiger partial charge is 0.463 e. The summed E-state index contributed by atoms with van der Waals surface area (Å²) in [7, 11) is 0. The molecule has 204 valence electrons. The van der Waals surface area contributed by atoms with Gasteiger partial charge in [-0.3, -0.25) is 19.2 Å². The molecule has 1 rings (SSSR count). The summed E-state index contributed by atoms with van der Waals surface area (Å²) in [5.74, 6) is -2.14. The zero-order valence-electron chi connectivity index (χ0n) is 21.7. The average molecular weight is 532 g/mol. The van der Waals surface area contributed by atoms with Gasteiger partial charge in [0.25, 0.3) is 5.91 Å². The molecule has 1 heterocycles. The maximum absolute atomic E-state index is 12.9. The highest BCUT2D eigenvalue weighted by atomic mass is 32.2. The first-order valence-electron chi connectivity index (χ1n) is 11.7. The minimum atomic E-state index is -1.37. The lowest BCUT2D eigenvalue weighted by molar-refractivity contribution is -0.169. The number of alkyl carbamates (subject to hydrolysis) is 1. The summed E-state index contributed by atoms with van der Waals surface area (Å²) in [5, 5.41) is 7.34. The number of esters is 2. The Hall–Kier alpha value is -2.83. The normalized spacial score (nSPS) is 20.0. The molecule has 0 aliphatic carbocycles. The van der Waals surface area contributed by atoms with Crippen molar-refractivity contribution in [2.45, 2.75) is 78.6 Å². The van der Waals surface area contributed by atoms with E-state index in [0.29, 0.717) is 5.75 Å². The molecule has 0 aromatic heterocycles. The molecule has 36 heavy (non-hydrogen) atoms. The monoisotopic (exact) mass is 531 g/mol. The van der Waals surface area contributed by atoms with Crippen LogP contribution in [-0.2, 0) is 38.2 Å². The maximum atomic E-state index is 12.9. The number of carbonyl (C=O) groups is 6. The highest BCUT2D eigenvalue weighted by Crippen LogP contribution is 2.26. The molecule has 0 aromatic carbocycles. The number of thioether (sulfide) groups is 1. The van der Waals surface area contributed by atoms with Crippen molar-refractivity contribution in [3.63, 3.8) is 0 Å². The van der Waals surface area contributed by atoms with Gasteiger partial charge in [0.1, 0.15) is 18.2 Å². The van der Waals surface area contributed by atoms with Gasteiger partial charge in [0.05, 0.1) is 6.42 Å². The van der Waals surface area contributed by atoms with Crippen LogP contribution < -0.4 is 16.0 Å². The molecule has 3 amide bonds. The van der Waals surface area contributed by atoms with Crippen molar-refractivity contribution in [2.75, 3.05) is 25.4 Å². The molecule has 2 atom stereocenters. The molecule has 0 spiro atoms. The second kappa shape index (κ2) is 14.0. The Kier molecular flexibility index (Phi) is 12.2. The predicted molar refractivity (Wildman–Crippen MR) is 131 cm³/mol. The van der Waals surface area contributed by atoms with E-state index in [0.717, 1.165) is 11.8 Å². The third kappa shape index (κ3) is 12.2. The first-order chi connectivity index (χ1) is 16.6. The zero-order valence-corrected chi connectivity index (χ0v) is 22.5. The Morgan fingerprint density at radius 3 is 2.36 bits per heavy atom. The summed E-state index contributed by atoms with van der Waals surface area (Å²) < 4.78 is 15.8. The molecule has 1 aliphatic heterocycles. The van der Waals surface area contributed by atoms with Gasteiger partial charge in [-0.2, -0.15) is 0 Å². The molecule has 0 unspecified atom stereocenters. The van der Waals surface area contributed by atoms with Gasteiger partial charge in [-0.25, -0.2) is 9.59 Å². The molecule has 1 saturated heterocycles. The summed E-state index contributed by atoms with van der Waals surface area (Å²) in [4.78, 5) is 73.4. The number of hydrogen-bond acceptors (Lipinski definition) is 10. The third-order valence-electron chi connectivity index (χ3n) is 4.74. The van der Waals surface area contributed by atoms with Crippen LogP contribution >= 0.6 is 11.8 Å². The first kappa shape index (κ1) is 31.2. The van der Waals surface area contributed by atoms with Gasteiger partial charge in [0, 0.05) is 37.1 Å². The van der Waals surface area contributed by atoms with E-state index in [2.05, 4.69) is 16.0 Å². The Balaban J connectivity index is 2.86. The number of cyclic esters (lactones) is 1. The molecule has 0 radical (unpaired) electrons. The van der Waals surface area contributed by atoms with Crippen LogP contribution in [0.15, 0.2) is 0 Å².